The molecule has 20 heavy (non-hydrogen) atoms. The van der Waals surface area contributed by atoms with E-state index in [9.17, 15) is 4.79 Å². The molecule has 0 aliphatic carbocycles. The van der Waals surface area contributed by atoms with Crippen LogP contribution in [-0.2, 0) is 0 Å². The summed E-state index contributed by atoms with van der Waals surface area (Å²) in [7, 11) is 0. The van der Waals surface area contributed by atoms with Gasteiger partial charge in [-0.1, -0.05) is 23.7 Å². The van der Waals surface area contributed by atoms with E-state index in [1.165, 1.54) is 0 Å². The van der Waals surface area contributed by atoms with Crippen molar-refractivity contribution in [2.75, 3.05) is 13.2 Å². The predicted molar refractivity (Wildman–Crippen MR) is 81.2 cm³/mol. The Morgan fingerprint density at radius 3 is 2.60 bits per heavy atom. The maximum atomic E-state index is 11.8. The lowest BCUT2D eigenvalue weighted by Gasteiger charge is -2.19. The summed E-state index contributed by atoms with van der Waals surface area (Å²) in [5.41, 5.74) is 1.96. The van der Waals surface area contributed by atoms with Gasteiger partial charge in [0.05, 0.1) is 12.6 Å². The molecule has 6 heteroatoms. The Balaban J connectivity index is 2.17. The first-order chi connectivity index (χ1) is 9.70. The Morgan fingerprint density at radius 2 is 2.00 bits per heavy atom. The summed E-state index contributed by atoms with van der Waals surface area (Å²) in [6, 6.07) is 8.78. The van der Waals surface area contributed by atoms with Gasteiger partial charge in [-0.15, -0.1) is 0 Å². The zero-order valence-electron chi connectivity index (χ0n) is 10.7. The molecule has 106 valence electrons. The number of carbonyl (C=O) groups excluding carboxylic acids is 1. The molecule has 0 bridgehead atoms. The third-order valence-electron chi connectivity index (χ3n) is 2.75. The molecule has 4 nitrogen and oxygen atoms in total. The zero-order valence-corrected chi connectivity index (χ0v) is 12.2. The highest BCUT2D eigenvalue weighted by molar-refractivity contribution is 7.08. The van der Waals surface area contributed by atoms with Gasteiger partial charge in [-0.25, -0.2) is 4.79 Å². The van der Waals surface area contributed by atoms with Crippen molar-refractivity contribution in [3.8, 4) is 0 Å². The van der Waals surface area contributed by atoms with Crippen molar-refractivity contribution in [2.45, 2.75) is 6.04 Å². The highest BCUT2D eigenvalue weighted by atomic mass is 35.5. The summed E-state index contributed by atoms with van der Waals surface area (Å²) in [5.74, 6) is 0. The van der Waals surface area contributed by atoms with Crippen LogP contribution in [-0.4, -0.2) is 24.3 Å². The molecule has 2 amide bonds. The van der Waals surface area contributed by atoms with Crippen LogP contribution < -0.4 is 10.6 Å². The number of aliphatic hydroxyl groups excluding tert-OH is 1. The number of hydrogen-bond acceptors (Lipinski definition) is 3. The SMILES string of the molecule is O=C(NCCO)NC(c1ccc(Cl)cc1)c1ccsc1. The van der Waals surface area contributed by atoms with E-state index in [0.717, 1.165) is 11.1 Å². The third-order valence-corrected chi connectivity index (χ3v) is 3.71. The van der Waals surface area contributed by atoms with Gasteiger partial charge in [0.15, 0.2) is 0 Å². The van der Waals surface area contributed by atoms with Crippen molar-refractivity contribution >= 4 is 29.0 Å². The number of rotatable bonds is 5. The molecule has 0 saturated carbocycles. The summed E-state index contributed by atoms with van der Waals surface area (Å²) >= 11 is 7.46. The number of carbonyl (C=O) groups is 1. The highest BCUT2D eigenvalue weighted by Crippen LogP contribution is 2.25. The van der Waals surface area contributed by atoms with Gasteiger partial charge in [0, 0.05) is 11.6 Å². The summed E-state index contributed by atoms with van der Waals surface area (Å²) in [6.07, 6.45) is 0. The summed E-state index contributed by atoms with van der Waals surface area (Å²) < 4.78 is 0. The fourth-order valence-corrected chi connectivity index (χ4v) is 2.62. The first-order valence-corrected chi connectivity index (χ1v) is 7.45. The van der Waals surface area contributed by atoms with Crippen molar-refractivity contribution in [2.24, 2.45) is 0 Å². The van der Waals surface area contributed by atoms with Crippen LogP contribution in [0.3, 0.4) is 0 Å². The van der Waals surface area contributed by atoms with Crippen LogP contribution in [0.2, 0.25) is 5.02 Å². The molecular formula is C14H15ClN2O2S. The molecule has 1 heterocycles. The number of urea groups is 1. The summed E-state index contributed by atoms with van der Waals surface area (Å²) in [4.78, 5) is 11.8. The van der Waals surface area contributed by atoms with Gasteiger partial charge in [0.25, 0.3) is 0 Å². The summed E-state index contributed by atoms with van der Waals surface area (Å²) in [6.45, 7) is 0.139. The molecule has 0 spiro atoms. The Labute approximate surface area is 126 Å². The number of nitrogens with one attached hydrogen (secondary N) is 2. The number of benzene rings is 1. The molecule has 1 unspecified atom stereocenters. The topological polar surface area (TPSA) is 61.4 Å². The van der Waals surface area contributed by atoms with Gasteiger partial charge < -0.3 is 15.7 Å². The molecular weight excluding hydrogens is 296 g/mol. The van der Waals surface area contributed by atoms with Crippen LogP contribution in [0.4, 0.5) is 4.79 Å². The van der Waals surface area contributed by atoms with Crippen molar-refractivity contribution < 1.29 is 9.90 Å². The van der Waals surface area contributed by atoms with E-state index >= 15 is 0 Å². The van der Waals surface area contributed by atoms with E-state index in [1.54, 1.807) is 23.5 Å². The van der Waals surface area contributed by atoms with Crippen LogP contribution in [0.25, 0.3) is 0 Å². The van der Waals surface area contributed by atoms with Gasteiger partial charge in [0.2, 0.25) is 0 Å². The standard InChI is InChI=1S/C14H15ClN2O2S/c15-12-3-1-10(2-4-12)13(11-5-8-20-9-11)17-14(19)16-6-7-18/h1-5,8-9,13,18H,6-7H2,(H2,16,17,19). The second-order valence-electron chi connectivity index (χ2n) is 4.17. The monoisotopic (exact) mass is 310 g/mol. The second kappa shape index (κ2) is 7.28. The highest BCUT2D eigenvalue weighted by Gasteiger charge is 2.17. The van der Waals surface area contributed by atoms with Gasteiger partial charge >= 0.3 is 6.03 Å². The lowest BCUT2D eigenvalue weighted by Crippen LogP contribution is -2.39. The Morgan fingerprint density at radius 1 is 1.25 bits per heavy atom. The molecule has 0 fully saturated rings. The van der Waals surface area contributed by atoms with Crippen molar-refractivity contribution in [3.05, 3.63) is 57.2 Å². The molecule has 2 aromatic rings. The maximum absolute atomic E-state index is 11.8. The molecule has 0 aliphatic heterocycles. The molecule has 1 aromatic carbocycles. The Hall–Kier alpha value is -1.56. The largest absolute Gasteiger partial charge is 0.395 e. The Kier molecular flexibility index (Phi) is 5.40. The zero-order chi connectivity index (χ0) is 14.4. The minimum Gasteiger partial charge on any atom is -0.395 e. The van der Waals surface area contributed by atoms with Crippen LogP contribution in [0.15, 0.2) is 41.1 Å². The average molecular weight is 311 g/mol. The lowest BCUT2D eigenvalue weighted by atomic mass is 10.0. The first-order valence-electron chi connectivity index (χ1n) is 6.13. The van der Waals surface area contributed by atoms with E-state index < -0.39 is 0 Å². The van der Waals surface area contributed by atoms with E-state index in [0.29, 0.717) is 5.02 Å². The maximum Gasteiger partial charge on any atom is 0.315 e. The number of aliphatic hydroxyl groups is 1. The predicted octanol–water partition coefficient (Wildman–Crippen LogP) is 2.78. The molecule has 3 N–H and O–H groups in total. The fraction of sp³-hybridized carbons (Fsp3) is 0.214. The van der Waals surface area contributed by atoms with Gasteiger partial charge in [-0.3, -0.25) is 0 Å². The number of thiophene rings is 1. The third kappa shape index (κ3) is 3.96. The van der Waals surface area contributed by atoms with Crippen LogP contribution in [0.5, 0.6) is 0 Å². The number of hydrogen-bond donors (Lipinski definition) is 3. The van der Waals surface area contributed by atoms with E-state index in [1.807, 2.05) is 29.0 Å². The number of halogens is 1. The molecule has 1 atom stereocenters. The number of amides is 2. The van der Waals surface area contributed by atoms with Crippen molar-refractivity contribution in [1.29, 1.82) is 0 Å². The van der Waals surface area contributed by atoms with Crippen LogP contribution >= 0.6 is 22.9 Å². The molecule has 0 aliphatic rings. The van der Waals surface area contributed by atoms with Gasteiger partial charge in [-0.05, 0) is 40.1 Å². The van der Waals surface area contributed by atoms with Crippen molar-refractivity contribution in [1.82, 2.24) is 10.6 Å². The summed E-state index contributed by atoms with van der Waals surface area (Å²) in [5, 5.41) is 18.8. The van der Waals surface area contributed by atoms with Gasteiger partial charge in [0.1, 0.15) is 0 Å². The quantitative estimate of drug-likeness (QED) is 0.795. The molecule has 2 rings (SSSR count). The smallest absolute Gasteiger partial charge is 0.315 e. The van der Waals surface area contributed by atoms with Gasteiger partial charge in [-0.2, -0.15) is 11.3 Å². The Bertz CT molecular complexity index is 543. The second-order valence-corrected chi connectivity index (χ2v) is 5.38. The normalized spacial score (nSPS) is 11.9. The molecule has 0 radical (unpaired) electrons. The van der Waals surface area contributed by atoms with Crippen molar-refractivity contribution in [3.63, 3.8) is 0 Å². The lowest BCUT2D eigenvalue weighted by molar-refractivity contribution is 0.232. The van der Waals surface area contributed by atoms with E-state index in [4.69, 9.17) is 16.7 Å². The van der Waals surface area contributed by atoms with Crippen LogP contribution in [0.1, 0.15) is 17.2 Å². The molecule has 1 aromatic heterocycles. The minimum atomic E-state index is -0.315. The average Bonchev–Trinajstić information content (AvgIpc) is 2.97. The first kappa shape index (κ1) is 14.8. The molecule has 0 saturated heterocycles. The fourth-order valence-electron chi connectivity index (χ4n) is 1.81. The minimum absolute atomic E-state index is 0.0858. The van der Waals surface area contributed by atoms with E-state index in [2.05, 4.69) is 10.6 Å². The van der Waals surface area contributed by atoms with Crippen LogP contribution in [0, 0.1) is 0 Å². The van der Waals surface area contributed by atoms with E-state index in [-0.39, 0.29) is 25.2 Å².